The maximum Gasteiger partial charge on any atom is 0.346 e. The molecule has 3 aromatic rings. The Kier molecular flexibility index (Phi) is 4.72. The molecule has 0 bridgehead atoms. The Morgan fingerprint density at radius 2 is 2.03 bits per heavy atom. The third-order valence-electron chi connectivity index (χ3n) is 6.02. The quantitative estimate of drug-likeness (QED) is 0.682. The fraction of sp³-hybridized carbons (Fsp3) is 0.429. The number of halogens is 1. The van der Waals surface area contributed by atoms with Gasteiger partial charge < -0.3 is 5.32 Å². The third kappa shape index (κ3) is 3.44. The molecule has 1 atom stereocenters. The molecule has 156 valence electrons. The van der Waals surface area contributed by atoms with Gasteiger partial charge in [-0.05, 0) is 49.8 Å². The summed E-state index contributed by atoms with van der Waals surface area (Å²) in [7, 11) is 0. The average Bonchev–Trinajstić information content (AvgIpc) is 3.38. The van der Waals surface area contributed by atoms with Crippen molar-refractivity contribution in [2.24, 2.45) is 0 Å². The molecule has 0 fully saturated rings. The van der Waals surface area contributed by atoms with E-state index in [9.17, 15) is 14.0 Å². The minimum absolute atomic E-state index is 0.0297. The van der Waals surface area contributed by atoms with Crippen molar-refractivity contribution >= 4 is 5.91 Å². The van der Waals surface area contributed by atoms with E-state index >= 15 is 0 Å². The first kappa shape index (κ1) is 18.8. The van der Waals surface area contributed by atoms with Crippen LogP contribution in [-0.4, -0.2) is 36.5 Å². The van der Waals surface area contributed by atoms with Gasteiger partial charge in [0.1, 0.15) is 11.6 Å². The molecule has 2 N–H and O–H groups in total. The topological polar surface area (TPSA) is 97.6 Å². The number of carbonyl (C=O) groups is 1. The van der Waals surface area contributed by atoms with Crippen LogP contribution >= 0.6 is 0 Å². The second-order valence-corrected chi connectivity index (χ2v) is 8.02. The van der Waals surface area contributed by atoms with Crippen molar-refractivity contribution in [1.82, 2.24) is 29.9 Å². The predicted molar refractivity (Wildman–Crippen MR) is 107 cm³/mol. The second-order valence-electron chi connectivity index (χ2n) is 8.02. The van der Waals surface area contributed by atoms with E-state index in [-0.39, 0.29) is 23.5 Å². The van der Waals surface area contributed by atoms with Gasteiger partial charge in [0.05, 0.1) is 6.54 Å². The largest absolute Gasteiger partial charge is 0.348 e. The summed E-state index contributed by atoms with van der Waals surface area (Å²) in [6.45, 7) is 0.810. The highest BCUT2D eigenvalue weighted by Gasteiger charge is 2.26. The summed E-state index contributed by atoms with van der Waals surface area (Å²) in [6.07, 6.45) is 4.87. The summed E-state index contributed by atoms with van der Waals surface area (Å²) in [5.74, 6) is 0.270. The van der Waals surface area contributed by atoms with Gasteiger partial charge in [-0.1, -0.05) is 12.1 Å². The number of aryl methyl sites for hydroxylation is 2. The van der Waals surface area contributed by atoms with E-state index in [1.807, 2.05) is 0 Å². The molecule has 9 heteroatoms. The van der Waals surface area contributed by atoms with Gasteiger partial charge in [-0.3, -0.25) is 14.5 Å². The molecule has 30 heavy (non-hydrogen) atoms. The molecule has 1 aliphatic carbocycles. The van der Waals surface area contributed by atoms with Crippen LogP contribution in [0.15, 0.2) is 29.1 Å². The van der Waals surface area contributed by atoms with Gasteiger partial charge in [0.2, 0.25) is 0 Å². The molecular formula is C21H23FN6O2. The van der Waals surface area contributed by atoms with Crippen LogP contribution in [-0.2, 0) is 32.4 Å². The number of aromatic amines is 1. The lowest BCUT2D eigenvalue weighted by molar-refractivity contribution is 0.0927. The summed E-state index contributed by atoms with van der Waals surface area (Å²) in [6, 6.07) is 6.04. The molecule has 2 aliphatic rings. The maximum atomic E-state index is 13.1. The molecule has 1 aliphatic heterocycles. The second kappa shape index (κ2) is 7.55. The summed E-state index contributed by atoms with van der Waals surface area (Å²) in [5, 5.41) is 14.7. The van der Waals surface area contributed by atoms with E-state index < -0.39 is 0 Å². The number of amides is 1. The number of rotatable bonds is 4. The summed E-state index contributed by atoms with van der Waals surface area (Å²) < 4.78 is 16.2. The standard InChI is InChI=1S/C21H23FN6O2/c22-14-6-4-13(5-7-14)12-28-21(30)27-11-10-15(8-9-18(27)26-28)23-20(29)19-16-2-1-3-17(16)24-25-19/h4-7,15H,1-3,8-12H2,(H,23,29)(H,24,25). The van der Waals surface area contributed by atoms with E-state index in [0.717, 1.165) is 41.9 Å². The number of nitrogens with zero attached hydrogens (tertiary/aromatic N) is 4. The number of hydrogen-bond acceptors (Lipinski definition) is 4. The first-order valence-corrected chi connectivity index (χ1v) is 10.4. The van der Waals surface area contributed by atoms with Crippen molar-refractivity contribution in [3.8, 4) is 0 Å². The van der Waals surface area contributed by atoms with E-state index in [4.69, 9.17) is 0 Å². The van der Waals surface area contributed by atoms with Crippen LogP contribution in [0.25, 0.3) is 0 Å². The highest BCUT2D eigenvalue weighted by molar-refractivity contribution is 5.94. The summed E-state index contributed by atoms with van der Waals surface area (Å²) >= 11 is 0. The molecule has 0 saturated heterocycles. The molecule has 0 spiro atoms. The van der Waals surface area contributed by atoms with E-state index in [1.54, 1.807) is 16.7 Å². The van der Waals surface area contributed by atoms with Gasteiger partial charge in [0, 0.05) is 30.3 Å². The van der Waals surface area contributed by atoms with Crippen LogP contribution in [0.2, 0.25) is 0 Å². The fourth-order valence-electron chi connectivity index (χ4n) is 4.40. The minimum atomic E-state index is -0.306. The van der Waals surface area contributed by atoms with Crippen LogP contribution in [0.4, 0.5) is 4.39 Å². The monoisotopic (exact) mass is 410 g/mol. The molecule has 1 unspecified atom stereocenters. The molecule has 1 amide bonds. The van der Waals surface area contributed by atoms with E-state index in [2.05, 4.69) is 20.6 Å². The van der Waals surface area contributed by atoms with Crippen LogP contribution in [0.5, 0.6) is 0 Å². The lowest BCUT2D eigenvalue weighted by atomic mass is 10.1. The lowest BCUT2D eigenvalue weighted by Gasteiger charge is -2.15. The Balaban J connectivity index is 1.26. The number of hydrogen-bond donors (Lipinski definition) is 2. The van der Waals surface area contributed by atoms with Crippen LogP contribution < -0.4 is 11.0 Å². The number of aromatic nitrogens is 5. The van der Waals surface area contributed by atoms with E-state index in [1.165, 1.54) is 16.8 Å². The average molecular weight is 410 g/mol. The molecule has 5 rings (SSSR count). The Morgan fingerprint density at radius 1 is 1.20 bits per heavy atom. The zero-order valence-electron chi connectivity index (χ0n) is 16.5. The van der Waals surface area contributed by atoms with Crippen LogP contribution in [0, 0.1) is 5.82 Å². The normalized spacial score (nSPS) is 18.0. The molecule has 8 nitrogen and oxygen atoms in total. The number of benzene rings is 1. The van der Waals surface area contributed by atoms with Gasteiger partial charge in [-0.25, -0.2) is 13.9 Å². The highest BCUT2D eigenvalue weighted by atomic mass is 19.1. The smallest absolute Gasteiger partial charge is 0.346 e. The number of fused-ring (bicyclic) bond motifs is 2. The van der Waals surface area contributed by atoms with E-state index in [0.29, 0.717) is 38.0 Å². The van der Waals surface area contributed by atoms with Gasteiger partial charge in [-0.2, -0.15) is 10.2 Å². The van der Waals surface area contributed by atoms with Gasteiger partial charge in [0.15, 0.2) is 5.69 Å². The number of carbonyl (C=O) groups excluding carboxylic acids is 1. The first-order valence-electron chi connectivity index (χ1n) is 10.4. The highest BCUT2D eigenvalue weighted by Crippen LogP contribution is 2.23. The predicted octanol–water partition coefficient (Wildman–Crippen LogP) is 1.58. The Morgan fingerprint density at radius 3 is 2.87 bits per heavy atom. The Hall–Kier alpha value is -3.23. The number of nitrogens with one attached hydrogen (secondary N) is 2. The Labute approximate surface area is 172 Å². The molecular weight excluding hydrogens is 387 g/mol. The number of H-pyrrole nitrogens is 1. The van der Waals surface area contributed by atoms with Gasteiger partial charge in [0.25, 0.3) is 5.91 Å². The van der Waals surface area contributed by atoms with Crippen LogP contribution in [0.1, 0.15) is 52.4 Å². The van der Waals surface area contributed by atoms with Crippen LogP contribution in [0.3, 0.4) is 0 Å². The van der Waals surface area contributed by atoms with Gasteiger partial charge >= 0.3 is 5.69 Å². The Bertz CT molecular complexity index is 1140. The molecule has 2 aromatic heterocycles. The molecule has 3 heterocycles. The zero-order valence-corrected chi connectivity index (χ0v) is 16.5. The summed E-state index contributed by atoms with van der Waals surface area (Å²) in [4.78, 5) is 25.5. The molecule has 1 aromatic carbocycles. The van der Waals surface area contributed by atoms with Crippen molar-refractivity contribution < 1.29 is 9.18 Å². The first-order chi connectivity index (χ1) is 14.6. The van der Waals surface area contributed by atoms with Gasteiger partial charge in [-0.15, -0.1) is 0 Å². The zero-order chi connectivity index (χ0) is 20.7. The maximum absolute atomic E-state index is 13.1. The van der Waals surface area contributed by atoms with Crippen molar-refractivity contribution in [1.29, 1.82) is 0 Å². The van der Waals surface area contributed by atoms with Crippen molar-refractivity contribution in [2.75, 3.05) is 0 Å². The lowest BCUT2D eigenvalue weighted by Crippen LogP contribution is -2.36. The third-order valence-corrected chi connectivity index (χ3v) is 6.02. The summed E-state index contributed by atoms with van der Waals surface area (Å²) in [5.41, 5.74) is 3.27. The SMILES string of the molecule is O=C(NC1CCc2nn(Cc3ccc(F)cc3)c(=O)n2CC1)c1n[nH]c2c1CCC2. The molecule has 0 saturated carbocycles. The van der Waals surface area contributed by atoms with Crippen molar-refractivity contribution in [3.63, 3.8) is 0 Å². The fourth-order valence-corrected chi connectivity index (χ4v) is 4.40. The molecule has 0 radical (unpaired) electrons. The van der Waals surface area contributed by atoms with Crippen molar-refractivity contribution in [3.05, 3.63) is 68.9 Å². The van der Waals surface area contributed by atoms with Crippen molar-refractivity contribution in [2.45, 2.75) is 57.7 Å². The minimum Gasteiger partial charge on any atom is -0.348 e.